The molecule has 0 amide bonds. The van der Waals surface area contributed by atoms with Crippen LogP contribution < -0.4 is 10.6 Å². The Morgan fingerprint density at radius 1 is 1.54 bits per heavy atom. The summed E-state index contributed by atoms with van der Waals surface area (Å²) in [6, 6.07) is 0.648. The van der Waals surface area contributed by atoms with Gasteiger partial charge < -0.3 is 15.5 Å². The highest BCUT2D eigenvalue weighted by atomic mass is 15.3. The Labute approximate surface area is 79.4 Å². The van der Waals surface area contributed by atoms with Crippen LogP contribution in [0.15, 0.2) is 4.99 Å². The summed E-state index contributed by atoms with van der Waals surface area (Å²) < 4.78 is 0. The van der Waals surface area contributed by atoms with Crippen molar-refractivity contribution in [3.8, 4) is 0 Å². The predicted octanol–water partition coefficient (Wildman–Crippen LogP) is -0.371. The topological polar surface area (TPSA) is 39.7 Å². The maximum atomic E-state index is 4.46. The molecule has 4 nitrogen and oxygen atoms in total. The van der Waals surface area contributed by atoms with Crippen LogP contribution in [-0.2, 0) is 0 Å². The quantitative estimate of drug-likeness (QED) is 0.612. The largest absolute Gasteiger partial charge is 0.354 e. The van der Waals surface area contributed by atoms with Crippen LogP contribution in [0, 0.1) is 0 Å². The van der Waals surface area contributed by atoms with E-state index in [4.69, 9.17) is 0 Å². The normalized spacial score (nSPS) is 27.2. The first kappa shape index (κ1) is 8.81. The molecule has 1 unspecified atom stereocenters. The lowest BCUT2D eigenvalue weighted by atomic mass is 10.2. The third-order valence-corrected chi connectivity index (χ3v) is 2.74. The number of nitrogens with one attached hydrogen (secondary N) is 2. The summed E-state index contributed by atoms with van der Waals surface area (Å²) in [6.45, 7) is 7.44. The molecule has 74 valence electrons. The first-order valence-corrected chi connectivity index (χ1v) is 5.17. The molecule has 0 bridgehead atoms. The lowest BCUT2D eigenvalue weighted by molar-refractivity contribution is 0.336. The fourth-order valence-electron chi connectivity index (χ4n) is 2.06. The number of nitrogens with zero attached hydrogens (tertiary/aromatic N) is 2. The monoisotopic (exact) mass is 182 g/mol. The van der Waals surface area contributed by atoms with Gasteiger partial charge >= 0.3 is 0 Å². The highest BCUT2D eigenvalue weighted by Gasteiger charge is 2.24. The molecule has 1 saturated heterocycles. The molecule has 4 heteroatoms. The van der Waals surface area contributed by atoms with Gasteiger partial charge in [-0.2, -0.15) is 0 Å². The average Bonchev–Trinajstić information content (AvgIpc) is 2.76. The van der Waals surface area contributed by atoms with Crippen molar-refractivity contribution in [1.29, 1.82) is 0 Å². The smallest absolute Gasteiger partial charge is 0.194 e. The fourth-order valence-corrected chi connectivity index (χ4v) is 2.06. The van der Waals surface area contributed by atoms with Crippen LogP contribution in [0.2, 0.25) is 0 Å². The lowest BCUT2D eigenvalue weighted by Gasteiger charge is -2.28. The minimum Gasteiger partial charge on any atom is -0.354 e. The highest BCUT2D eigenvalue weighted by Crippen LogP contribution is 2.09. The molecule has 0 spiro atoms. The zero-order chi connectivity index (χ0) is 9.10. The van der Waals surface area contributed by atoms with Gasteiger partial charge in [0.05, 0.1) is 6.54 Å². The Balaban J connectivity index is 1.98. The number of hydrogen-bond acceptors (Lipinski definition) is 4. The predicted molar refractivity (Wildman–Crippen MR) is 54.0 cm³/mol. The standard InChI is InChI=1S/C9H18N4/c1-2-13(8-3-4-10-7-8)9-11-5-6-12-9/h8,10H,2-7H2,1H3,(H,11,12). The van der Waals surface area contributed by atoms with Crippen molar-refractivity contribution >= 4 is 5.96 Å². The Bertz CT molecular complexity index is 196. The minimum atomic E-state index is 0.648. The van der Waals surface area contributed by atoms with Crippen LogP contribution in [0.25, 0.3) is 0 Å². The van der Waals surface area contributed by atoms with Gasteiger partial charge in [0.2, 0.25) is 0 Å². The van der Waals surface area contributed by atoms with Crippen molar-refractivity contribution in [3.05, 3.63) is 0 Å². The summed E-state index contributed by atoms with van der Waals surface area (Å²) >= 11 is 0. The van der Waals surface area contributed by atoms with Crippen LogP contribution in [-0.4, -0.2) is 49.6 Å². The van der Waals surface area contributed by atoms with E-state index in [-0.39, 0.29) is 0 Å². The maximum Gasteiger partial charge on any atom is 0.194 e. The van der Waals surface area contributed by atoms with Crippen molar-refractivity contribution in [2.24, 2.45) is 4.99 Å². The summed E-state index contributed by atoms with van der Waals surface area (Å²) in [4.78, 5) is 6.84. The number of rotatable bonds is 2. The van der Waals surface area contributed by atoms with Crippen LogP contribution in [0.3, 0.4) is 0 Å². The minimum absolute atomic E-state index is 0.648. The number of hydrogen-bond donors (Lipinski definition) is 2. The second-order valence-electron chi connectivity index (χ2n) is 3.56. The molecular weight excluding hydrogens is 164 g/mol. The molecule has 1 atom stereocenters. The van der Waals surface area contributed by atoms with Crippen LogP contribution in [0.1, 0.15) is 13.3 Å². The summed E-state index contributed by atoms with van der Waals surface area (Å²) in [6.07, 6.45) is 1.24. The molecule has 1 fully saturated rings. The van der Waals surface area contributed by atoms with E-state index in [1.165, 1.54) is 6.42 Å². The Morgan fingerprint density at radius 3 is 3.00 bits per heavy atom. The van der Waals surface area contributed by atoms with Crippen molar-refractivity contribution in [3.63, 3.8) is 0 Å². The van der Waals surface area contributed by atoms with Gasteiger partial charge in [0.1, 0.15) is 0 Å². The van der Waals surface area contributed by atoms with Crippen molar-refractivity contribution in [1.82, 2.24) is 15.5 Å². The van der Waals surface area contributed by atoms with E-state index in [1.807, 2.05) is 0 Å². The third kappa shape index (κ3) is 1.77. The Kier molecular flexibility index (Phi) is 2.68. The molecule has 0 saturated carbocycles. The summed E-state index contributed by atoms with van der Waals surface area (Å²) in [5.74, 6) is 1.11. The molecule has 13 heavy (non-hydrogen) atoms. The summed E-state index contributed by atoms with van der Waals surface area (Å²) in [7, 11) is 0. The molecule has 2 rings (SSSR count). The van der Waals surface area contributed by atoms with E-state index in [1.54, 1.807) is 0 Å². The van der Waals surface area contributed by atoms with E-state index in [9.17, 15) is 0 Å². The van der Waals surface area contributed by atoms with Crippen LogP contribution >= 0.6 is 0 Å². The number of likely N-dealkylation sites (N-methyl/N-ethyl adjacent to an activating group) is 1. The van der Waals surface area contributed by atoms with Gasteiger partial charge in [0.15, 0.2) is 5.96 Å². The van der Waals surface area contributed by atoms with Crippen LogP contribution in [0.4, 0.5) is 0 Å². The Hall–Kier alpha value is -0.770. The van der Waals surface area contributed by atoms with E-state index >= 15 is 0 Å². The molecule has 2 aliphatic heterocycles. The van der Waals surface area contributed by atoms with E-state index in [2.05, 4.69) is 27.4 Å². The molecule has 0 aromatic rings. The van der Waals surface area contributed by atoms with Gasteiger partial charge in [-0.15, -0.1) is 0 Å². The van der Waals surface area contributed by atoms with Crippen LogP contribution in [0.5, 0.6) is 0 Å². The first-order chi connectivity index (χ1) is 6.42. The third-order valence-electron chi connectivity index (χ3n) is 2.74. The van der Waals surface area contributed by atoms with Crippen molar-refractivity contribution in [2.45, 2.75) is 19.4 Å². The summed E-state index contributed by atoms with van der Waals surface area (Å²) in [5, 5.41) is 6.72. The van der Waals surface area contributed by atoms with Gasteiger partial charge in [-0.25, -0.2) is 0 Å². The molecular formula is C9H18N4. The van der Waals surface area contributed by atoms with Crippen molar-refractivity contribution in [2.75, 3.05) is 32.7 Å². The maximum absolute atomic E-state index is 4.46. The summed E-state index contributed by atoms with van der Waals surface area (Å²) in [5.41, 5.74) is 0. The molecule has 2 aliphatic rings. The second kappa shape index (κ2) is 3.96. The van der Waals surface area contributed by atoms with Gasteiger partial charge in [-0.3, -0.25) is 4.99 Å². The Morgan fingerprint density at radius 2 is 2.46 bits per heavy atom. The second-order valence-corrected chi connectivity index (χ2v) is 3.56. The van der Waals surface area contributed by atoms with E-state index < -0.39 is 0 Å². The van der Waals surface area contributed by atoms with Gasteiger partial charge in [-0.05, 0) is 19.9 Å². The van der Waals surface area contributed by atoms with Gasteiger partial charge in [0.25, 0.3) is 0 Å². The van der Waals surface area contributed by atoms with E-state index in [0.29, 0.717) is 6.04 Å². The molecule has 0 aromatic heterocycles. The molecule has 0 aromatic carbocycles. The fraction of sp³-hybridized carbons (Fsp3) is 0.889. The molecule has 0 aliphatic carbocycles. The molecule has 2 N–H and O–H groups in total. The zero-order valence-electron chi connectivity index (χ0n) is 8.21. The van der Waals surface area contributed by atoms with Crippen molar-refractivity contribution < 1.29 is 0 Å². The average molecular weight is 182 g/mol. The number of guanidine groups is 1. The SMILES string of the molecule is CCN(C1=NCCN1)C1CCNC1. The lowest BCUT2D eigenvalue weighted by Crippen LogP contribution is -2.46. The first-order valence-electron chi connectivity index (χ1n) is 5.17. The zero-order valence-corrected chi connectivity index (χ0v) is 8.21. The molecule has 0 radical (unpaired) electrons. The van der Waals surface area contributed by atoms with Gasteiger partial charge in [-0.1, -0.05) is 0 Å². The highest BCUT2D eigenvalue weighted by molar-refractivity contribution is 5.81. The van der Waals surface area contributed by atoms with Gasteiger partial charge in [0, 0.05) is 25.7 Å². The van der Waals surface area contributed by atoms with E-state index in [0.717, 1.165) is 38.7 Å². The number of aliphatic imine (C=N–C) groups is 1. The molecule has 2 heterocycles.